The van der Waals surface area contributed by atoms with Crippen molar-refractivity contribution in [3.8, 4) is 5.75 Å². The summed E-state index contributed by atoms with van der Waals surface area (Å²) in [5, 5.41) is 4.42. The predicted octanol–water partition coefficient (Wildman–Crippen LogP) is 2.97. The summed E-state index contributed by atoms with van der Waals surface area (Å²) in [6.45, 7) is 4.69. The lowest BCUT2D eigenvalue weighted by Crippen LogP contribution is -2.03. The Kier molecular flexibility index (Phi) is 3.37. The van der Waals surface area contributed by atoms with E-state index in [1.807, 2.05) is 42.6 Å². The number of ether oxygens (including phenoxy) is 1. The minimum atomic E-state index is 0.582. The molecule has 0 spiro atoms. The molecule has 4 heteroatoms. The van der Waals surface area contributed by atoms with Crippen LogP contribution in [0.4, 0.5) is 0 Å². The third-order valence-corrected chi connectivity index (χ3v) is 3.15. The van der Waals surface area contributed by atoms with Gasteiger partial charge in [-0.1, -0.05) is 17.7 Å². The second-order valence-electron chi connectivity index (χ2n) is 4.95. The second-order valence-corrected chi connectivity index (χ2v) is 4.95. The Morgan fingerprint density at radius 3 is 2.65 bits per heavy atom. The van der Waals surface area contributed by atoms with Crippen molar-refractivity contribution in [3.63, 3.8) is 0 Å². The van der Waals surface area contributed by atoms with Crippen LogP contribution >= 0.6 is 0 Å². The third-order valence-electron chi connectivity index (χ3n) is 3.15. The zero-order valence-corrected chi connectivity index (χ0v) is 11.7. The van der Waals surface area contributed by atoms with Gasteiger partial charge in [0.2, 0.25) is 0 Å². The SMILES string of the molecule is Cc1ccc(OCCc2nc3cc(C)ccn3n2)cc1. The number of aryl methyl sites for hydroxylation is 2. The van der Waals surface area contributed by atoms with Crippen LogP contribution in [0, 0.1) is 13.8 Å². The van der Waals surface area contributed by atoms with Gasteiger partial charge in [-0.15, -0.1) is 0 Å². The number of aromatic nitrogens is 3. The van der Waals surface area contributed by atoms with Gasteiger partial charge in [0.15, 0.2) is 11.5 Å². The van der Waals surface area contributed by atoms with E-state index in [4.69, 9.17) is 4.74 Å². The molecule has 3 aromatic rings. The van der Waals surface area contributed by atoms with Crippen LogP contribution in [0.3, 0.4) is 0 Å². The van der Waals surface area contributed by atoms with E-state index in [0.717, 1.165) is 17.2 Å². The molecule has 0 bridgehead atoms. The quantitative estimate of drug-likeness (QED) is 0.729. The first kappa shape index (κ1) is 12.7. The fourth-order valence-electron chi connectivity index (χ4n) is 2.03. The van der Waals surface area contributed by atoms with Gasteiger partial charge >= 0.3 is 0 Å². The summed E-state index contributed by atoms with van der Waals surface area (Å²) in [5.41, 5.74) is 3.30. The maximum atomic E-state index is 5.70. The van der Waals surface area contributed by atoms with Crippen LogP contribution in [-0.2, 0) is 6.42 Å². The molecule has 0 unspecified atom stereocenters. The largest absolute Gasteiger partial charge is 0.493 e. The summed E-state index contributed by atoms with van der Waals surface area (Å²) in [6.07, 6.45) is 2.64. The van der Waals surface area contributed by atoms with Crippen LogP contribution in [0.15, 0.2) is 42.6 Å². The average Bonchev–Trinajstić information content (AvgIpc) is 2.83. The van der Waals surface area contributed by atoms with Crippen LogP contribution in [0.2, 0.25) is 0 Å². The zero-order chi connectivity index (χ0) is 13.9. The first-order valence-corrected chi connectivity index (χ1v) is 6.72. The number of pyridine rings is 1. The van der Waals surface area contributed by atoms with E-state index < -0.39 is 0 Å². The highest BCUT2D eigenvalue weighted by atomic mass is 16.5. The summed E-state index contributed by atoms with van der Waals surface area (Å²) < 4.78 is 7.50. The van der Waals surface area contributed by atoms with Gasteiger partial charge in [-0.25, -0.2) is 9.50 Å². The molecule has 0 fully saturated rings. The summed E-state index contributed by atoms with van der Waals surface area (Å²) in [7, 11) is 0. The summed E-state index contributed by atoms with van der Waals surface area (Å²) in [4.78, 5) is 4.49. The number of benzene rings is 1. The van der Waals surface area contributed by atoms with Crippen LogP contribution in [-0.4, -0.2) is 21.2 Å². The molecule has 0 atom stereocenters. The molecule has 0 N–H and O–H groups in total. The van der Waals surface area contributed by atoms with Gasteiger partial charge in [0.25, 0.3) is 0 Å². The minimum Gasteiger partial charge on any atom is -0.493 e. The van der Waals surface area contributed by atoms with Crippen molar-refractivity contribution >= 4 is 5.65 Å². The third kappa shape index (κ3) is 2.79. The minimum absolute atomic E-state index is 0.582. The van der Waals surface area contributed by atoms with Gasteiger partial charge in [-0.2, -0.15) is 5.10 Å². The molecule has 0 aliphatic heterocycles. The van der Waals surface area contributed by atoms with Gasteiger partial charge in [-0.05, 0) is 43.7 Å². The van der Waals surface area contributed by atoms with E-state index in [2.05, 4.69) is 23.9 Å². The highest BCUT2D eigenvalue weighted by Gasteiger charge is 2.04. The first-order chi connectivity index (χ1) is 9.70. The molecule has 0 amide bonds. The fourth-order valence-corrected chi connectivity index (χ4v) is 2.03. The van der Waals surface area contributed by atoms with Crippen molar-refractivity contribution in [2.75, 3.05) is 6.61 Å². The van der Waals surface area contributed by atoms with E-state index in [1.165, 1.54) is 11.1 Å². The summed E-state index contributed by atoms with van der Waals surface area (Å²) >= 11 is 0. The van der Waals surface area contributed by atoms with Gasteiger partial charge in [0.1, 0.15) is 5.75 Å². The second kappa shape index (κ2) is 5.33. The topological polar surface area (TPSA) is 39.4 Å². The van der Waals surface area contributed by atoms with E-state index in [9.17, 15) is 0 Å². The van der Waals surface area contributed by atoms with Crippen molar-refractivity contribution in [1.82, 2.24) is 14.6 Å². The van der Waals surface area contributed by atoms with Crippen molar-refractivity contribution in [3.05, 3.63) is 59.5 Å². The summed E-state index contributed by atoms with van der Waals surface area (Å²) in [5.74, 6) is 1.69. The molecule has 0 radical (unpaired) electrons. The number of hydrogen-bond donors (Lipinski definition) is 0. The predicted molar refractivity (Wildman–Crippen MR) is 78.1 cm³/mol. The molecule has 0 aliphatic carbocycles. The van der Waals surface area contributed by atoms with Crippen molar-refractivity contribution in [1.29, 1.82) is 0 Å². The zero-order valence-electron chi connectivity index (χ0n) is 11.7. The smallest absolute Gasteiger partial charge is 0.155 e. The number of nitrogens with zero attached hydrogens (tertiary/aromatic N) is 3. The van der Waals surface area contributed by atoms with Crippen molar-refractivity contribution in [2.24, 2.45) is 0 Å². The van der Waals surface area contributed by atoms with Crippen LogP contribution in [0.5, 0.6) is 5.75 Å². The molecule has 0 saturated heterocycles. The molecule has 0 saturated carbocycles. The van der Waals surface area contributed by atoms with Crippen LogP contribution in [0.1, 0.15) is 17.0 Å². The van der Waals surface area contributed by atoms with Crippen LogP contribution in [0.25, 0.3) is 5.65 Å². The van der Waals surface area contributed by atoms with Crippen LogP contribution < -0.4 is 4.74 Å². The Balaban J connectivity index is 1.63. The average molecular weight is 267 g/mol. The lowest BCUT2D eigenvalue weighted by Gasteiger charge is -2.04. The van der Waals surface area contributed by atoms with E-state index >= 15 is 0 Å². The maximum absolute atomic E-state index is 5.70. The van der Waals surface area contributed by atoms with Crippen molar-refractivity contribution < 1.29 is 4.74 Å². The Morgan fingerprint density at radius 1 is 1.05 bits per heavy atom. The van der Waals surface area contributed by atoms with Gasteiger partial charge in [0, 0.05) is 12.6 Å². The first-order valence-electron chi connectivity index (χ1n) is 6.72. The lowest BCUT2D eigenvalue weighted by atomic mass is 10.2. The molecule has 3 rings (SSSR count). The Morgan fingerprint density at radius 2 is 1.85 bits per heavy atom. The molecule has 1 aromatic carbocycles. The molecule has 102 valence electrons. The highest BCUT2D eigenvalue weighted by Crippen LogP contribution is 2.12. The molecule has 2 heterocycles. The Labute approximate surface area is 118 Å². The lowest BCUT2D eigenvalue weighted by molar-refractivity contribution is 0.319. The molecular weight excluding hydrogens is 250 g/mol. The molecule has 20 heavy (non-hydrogen) atoms. The van der Waals surface area contributed by atoms with Gasteiger partial charge < -0.3 is 4.74 Å². The Bertz CT molecular complexity index is 716. The fraction of sp³-hybridized carbons (Fsp3) is 0.250. The maximum Gasteiger partial charge on any atom is 0.155 e. The number of fused-ring (bicyclic) bond motifs is 1. The number of hydrogen-bond acceptors (Lipinski definition) is 3. The standard InChI is InChI=1S/C16H17N3O/c1-12-3-5-14(6-4-12)20-10-8-15-17-16-11-13(2)7-9-19(16)18-15/h3-7,9,11H,8,10H2,1-2H3. The van der Waals surface area contributed by atoms with E-state index in [-0.39, 0.29) is 0 Å². The normalized spacial score (nSPS) is 10.9. The van der Waals surface area contributed by atoms with E-state index in [0.29, 0.717) is 13.0 Å². The van der Waals surface area contributed by atoms with Crippen molar-refractivity contribution in [2.45, 2.75) is 20.3 Å². The molecular formula is C16H17N3O. The molecule has 4 nitrogen and oxygen atoms in total. The summed E-state index contributed by atoms with van der Waals surface area (Å²) in [6, 6.07) is 12.1. The number of rotatable bonds is 4. The molecule has 0 aliphatic rings. The van der Waals surface area contributed by atoms with Gasteiger partial charge in [-0.3, -0.25) is 0 Å². The Hall–Kier alpha value is -2.36. The highest BCUT2D eigenvalue weighted by molar-refractivity contribution is 5.40. The molecule has 2 aromatic heterocycles. The monoisotopic (exact) mass is 267 g/mol. The van der Waals surface area contributed by atoms with Gasteiger partial charge in [0.05, 0.1) is 6.61 Å². The van der Waals surface area contributed by atoms with E-state index in [1.54, 1.807) is 4.52 Å².